The molecule has 1 aromatic rings. The predicted molar refractivity (Wildman–Crippen MR) is 77.9 cm³/mol. The van der Waals surface area contributed by atoms with Crippen LogP contribution in [0.2, 0.25) is 0 Å². The van der Waals surface area contributed by atoms with Crippen molar-refractivity contribution in [2.24, 2.45) is 5.41 Å². The van der Waals surface area contributed by atoms with Gasteiger partial charge in [-0.2, -0.15) is 0 Å². The van der Waals surface area contributed by atoms with Crippen LogP contribution in [0.1, 0.15) is 43.7 Å². The van der Waals surface area contributed by atoms with E-state index in [0.717, 1.165) is 19.3 Å². The van der Waals surface area contributed by atoms with Gasteiger partial charge in [0.25, 0.3) is 0 Å². The Morgan fingerprint density at radius 2 is 2.11 bits per heavy atom. The summed E-state index contributed by atoms with van der Waals surface area (Å²) in [5, 5.41) is 0. The van der Waals surface area contributed by atoms with Gasteiger partial charge in [0.15, 0.2) is 0 Å². The summed E-state index contributed by atoms with van der Waals surface area (Å²) in [7, 11) is 0. The first-order valence-electron chi connectivity index (χ1n) is 7.38. The lowest BCUT2D eigenvalue weighted by atomic mass is 9.68. The number of nitrogens with zero attached hydrogens (tertiary/aromatic N) is 1. The Bertz CT molecular complexity index is 498. The minimum atomic E-state index is 0.673. The van der Waals surface area contributed by atoms with E-state index in [9.17, 15) is 0 Å². The zero-order valence-electron chi connectivity index (χ0n) is 11.5. The van der Waals surface area contributed by atoms with Gasteiger partial charge in [0.1, 0.15) is 0 Å². The number of hydrogen-bond donors (Lipinski definition) is 0. The fourth-order valence-electron chi connectivity index (χ4n) is 3.78. The fourth-order valence-corrected chi connectivity index (χ4v) is 4.97. The molecule has 0 N–H and O–H groups in total. The summed E-state index contributed by atoms with van der Waals surface area (Å²) in [6, 6.07) is 7.54. The molecule has 4 rings (SSSR count). The van der Waals surface area contributed by atoms with Gasteiger partial charge < -0.3 is 4.74 Å². The van der Waals surface area contributed by atoms with Crippen molar-refractivity contribution in [1.82, 2.24) is 4.31 Å². The first-order chi connectivity index (χ1) is 9.24. The number of ether oxygens (including phenoxy) is 1. The van der Waals surface area contributed by atoms with Crippen molar-refractivity contribution in [3.63, 3.8) is 0 Å². The second kappa shape index (κ2) is 4.51. The summed E-state index contributed by atoms with van der Waals surface area (Å²) in [5.74, 6) is 0. The summed E-state index contributed by atoms with van der Waals surface area (Å²) < 4.78 is 8.11. The highest BCUT2D eigenvalue weighted by atomic mass is 32.2. The van der Waals surface area contributed by atoms with Gasteiger partial charge in [0.2, 0.25) is 0 Å². The molecule has 0 bridgehead atoms. The SMILES string of the molecule is CC1CC2(CCC2)CN1Sc1ccc2c(c1)COC2. The van der Waals surface area contributed by atoms with E-state index in [1.54, 1.807) is 0 Å². The molecular formula is C16H21NOS. The molecule has 0 amide bonds. The first kappa shape index (κ1) is 12.2. The van der Waals surface area contributed by atoms with Gasteiger partial charge in [-0.05, 0) is 66.8 Å². The molecule has 1 saturated carbocycles. The Labute approximate surface area is 119 Å². The third kappa shape index (κ3) is 2.12. The van der Waals surface area contributed by atoms with E-state index in [1.165, 1.54) is 48.3 Å². The molecule has 102 valence electrons. The smallest absolute Gasteiger partial charge is 0.0725 e. The van der Waals surface area contributed by atoms with Gasteiger partial charge in [-0.25, -0.2) is 4.31 Å². The maximum atomic E-state index is 5.50. The van der Waals surface area contributed by atoms with Crippen molar-refractivity contribution in [2.45, 2.75) is 56.8 Å². The molecule has 1 aromatic carbocycles. The minimum absolute atomic E-state index is 0.673. The lowest BCUT2D eigenvalue weighted by Gasteiger charge is -2.38. The first-order valence-corrected chi connectivity index (χ1v) is 8.16. The highest BCUT2D eigenvalue weighted by molar-refractivity contribution is 7.97. The highest BCUT2D eigenvalue weighted by Crippen LogP contribution is 2.52. The van der Waals surface area contributed by atoms with Crippen LogP contribution in [0.4, 0.5) is 0 Å². The van der Waals surface area contributed by atoms with Gasteiger partial charge >= 0.3 is 0 Å². The number of hydrogen-bond acceptors (Lipinski definition) is 3. The largest absolute Gasteiger partial charge is 0.372 e. The highest BCUT2D eigenvalue weighted by Gasteiger charge is 2.46. The van der Waals surface area contributed by atoms with E-state index in [2.05, 4.69) is 29.4 Å². The molecule has 19 heavy (non-hydrogen) atoms. The zero-order chi connectivity index (χ0) is 12.9. The Balaban J connectivity index is 1.49. The maximum absolute atomic E-state index is 5.50. The third-order valence-corrected chi connectivity index (χ3v) is 6.23. The molecule has 1 unspecified atom stereocenters. The zero-order valence-corrected chi connectivity index (χ0v) is 12.3. The fraction of sp³-hybridized carbons (Fsp3) is 0.625. The Kier molecular flexibility index (Phi) is 2.90. The number of benzene rings is 1. The van der Waals surface area contributed by atoms with E-state index in [0.29, 0.717) is 5.41 Å². The molecule has 0 aromatic heterocycles. The lowest BCUT2D eigenvalue weighted by molar-refractivity contribution is 0.134. The molecule has 1 atom stereocenters. The standard InChI is InChI=1S/C16H21NOS/c1-12-8-16(5-2-6-16)11-17(12)19-15-4-3-13-9-18-10-14(13)7-15/h3-4,7,12H,2,5-6,8-11H2,1H3. The van der Waals surface area contributed by atoms with Gasteiger partial charge in [0.05, 0.1) is 13.2 Å². The van der Waals surface area contributed by atoms with E-state index in [1.807, 2.05) is 11.9 Å². The maximum Gasteiger partial charge on any atom is 0.0725 e. The van der Waals surface area contributed by atoms with Gasteiger partial charge in [-0.15, -0.1) is 0 Å². The quantitative estimate of drug-likeness (QED) is 0.757. The predicted octanol–water partition coefficient (Wildman–Crippen LogP) is 3.99. The molecule has 3 aliphatic rings. The van der Waals surface area contributed by atoms with Crippen LogP contribution in [-0.4, -0.2) is 16.9 Å². The Hall–Kier alpha value is -0.510. The lowest BCUT2D eigenvalue weighted by Crippen LogP contribution is -2.31. The average Bonchev–Trinajstić information content (AvgIpc) is 2.93. The van der Waals surface area contributed by atoms with Crippen molar-refractivity contribution in [3.05, 3.63) is 29.3 Å². The summed E-state index contributed by atoms with van der Waals surface area (Å²) in [4.78, 5) is 1.38. The molecule has 0 radical (unpaired) electrons. The van der Waals surface area contributed by atoms with Crippen molar-refractivity contribution in [1.29, 1.82) is 0 Å². The molecule has 1 saturated heterocycles. The van der Waals surface area contributed by atoms with Gasteiger partial charge in [0, 0.05) is 17.5 Å². The van der Waals surface area contributed by atoms with E-state index in [-0.39, 0.29) is 0 Å². The normalized spacial score (nSPS) is 28.6. The van der Waals surface area contributed by atoms with Crippen LogP contribution in [0.5, 0.6) is 0 Å². The van der Waals surface area contributed by atoms with Crippen LogP contribution in [-0.2, 0) is 18.0 Å². The molecule has 3 heteroatoms. The summed E-state index contributed by atoms with van der Waals surface area (Å²) in [6.07, 6.45) is 5.74. The number of rotatable bonds is 2. The topological polar surface area (TPSA) is 12.5 Å². The van der Waals surface area contributed by atoms with E-state index < -0.39 is 0 Å². The van der Waals surface area contributed by atoms with Crippen LogP contribution in [0.15, 0.2) is 23.1 Å². The number of fused-ring (bicyclic) bond motifs is 1. The van der Waals surface area contributed by atoms with Crippen LogP contribution >= 0.6 is 11.9 Å². The summed E-state index contributed by atoms with van der Waals surface area (Å²) in [6.45, 7) is 5.26. The molecule has 2 nitrogen and oxygen atoms in total. The van der Waals surface area contributed by atoms with E-state index in [4.69, 9.17) is 4.74 Å². The second-order valence-electron chi connectivity index (χ2n) is 6.50. The summed E-state index contributed by atoms with van der Waals surface area (Å²) >= 11 is 1.95. The van der Waals surface area contributed by atoms with Crippen LogP contribution in [0, 0.1) is 5.41 Å². The minimum Gasteiger partial charge on any atom is -0.372 e. The monoisotopic (exact) mass is 275 g/mol. The average molecular weight is 275 g/mol. The third-order valence-electron chi connectivity index (χ3n) is 5.04. The second-order valence-corrected chi connectivity index (χ2v) is 7.62. The molecule has 2 heterocycles. The molecule has 2 fully saturated rings. The molecule has 1 spiro atoms. The van der Waals surface area contributed by atoms with E-state index >= 15 is 0 Å². The Morgan fingerprint density at radius 3 is 2.84 bits per heavy atom. The van der Waals surface area contributed by atoms with Gasteiger partial charge in [-0.3, -0.25) is 0 Å². The van der Waals surface area contributed by atoms with Crippen LogP contribution < -0.4 is 0 Å². The molecular weight excluding hydrogens is 254 g/mol. The van der Waals surface area contributed by atoms with Crippen molar-refractivity contribution in [2.75, 3.05) is 6.54 Å². The molecule has 1 aliphatic carbocycles. The van der Waals surface area contributed by atoms with Crippen molar-refractivity contribution >= 4 is 11.9 Å². The van der Waals surface area contributed by atoms with Gasteiger partial charge in [-0.1, -0.05) is 12.5 Å². The summed E-state index contributed by atoms with van der Waals surface area (Å²) in [5.41, 5.74) is 3.43. The molecule has 2 aliphatic heterocycles. The van der Waals surface area contributed by atoms with Crippen molar-refractivity contribution < 1.29 is 4.74 Å². The Morgan fingerprint density at radius 1 is 1.26 bits per heavy atom. The van der Waals surface area contributed by atoms with Crippen LogP contribution in [0.3, 0.4) is 0 Å². The van der Waals surface area contributed by atoms with Crippen LogP contribution in [0.25, 0.3) is 0 Å². The van der Waals surface area contributed by atoms with Crippen molar-refractivity contribution in [3.8, 4) is 0 Å².